The molecule has 0 unspecified atom stereocenters. The van der Waals surface area contributed by atoms with E-state index in [0.717, 1.165) is 5.69 Å². The average Bonchev–Trinajstić information content (AvgIpc) is 2.29. The van der Waals surface area contributed by atoms with Gasteiger partial charge in [0.1, 0.15) is 6.61 Å². The molecular weight excluding hydrogens is 218 g/mol. The fourth-order valence-electron chi connectivity index (χ4n) is 1.37. The van der Waals surface area contributed by atoms with Crippen molar-refractivity contribution in [2.45, 2.75) is 13.3 Å². The number of hydrogen-bond acceptors (Lipinski definition) is 4. The van der Waals surface area contributed by atoms with E-state index in [-0.39, 0.29) is 5.97 Å². The van der Waals surface area contributed by atoms with Crippen LogP contribution in [-0.4, -0.2) is 32.8 Å². The summed E-state index contributed by atoms with van der Waals surface area (Å²) in [5, 5.41) is 3.17. The van der Waals surface area contributed by atoms with Crippen LogP contribution in [0, 0.1) is 6.92 Å². The number of ether oxygens (including phenoxy) is 2. The van der Waals surface area contributed by atoms with Crippen molar-refractivity contribution in [3.05, 3.63) is 29.8 Å². The first-order valence-corrected chi connectivity index (χ1v) is 5.67. The van der Waals surface area contributed by atoms with Gasteiger partial charge in [0.15, 0.2) is 0 Å². The van der Waals surface area contributed by atoms with Crippen LogP contribution in [-0.2, 0) is 14.3 Å². The minimum absolute atomic E-state index is 0.206. The molecule has 94 valence electrons. The second kappa shape index (κ2) is 7.68. The van der Waals surface area contributed by atoms with Crippen LogP contribution in [0.25, 0.3) is 0 Å². The molecule has 1 N–H and O–H groups in total. The fourth-order valence-corrected chi connectivity index (χ4v) is 1.37. The molecule has 0 bridgehead atoms. The summed E-state index contributed by atoms with van der Waals surface area (Å²) in [5.41, 5.74) is 2.22. The van der Waals surface area contributed by atoms with Gasteiger partial charge in [-0.2, -0.15) is 0 Å². The van der Waals surface area contributed by atoms with Gasteiger partial charge in [0, 0.05) is 19.3 Å². The summed E-state index contributed by atoms with van der Waals surface area (Å²) in [6, 6.07) is 8.03. The van der Waals surface area contributed by atoms with Crippen LogP contribution in [0.4, 0.5) is 5.69 Å². The molecule has 0 heterocycles. The van der Waals surface area contributed by atoms with E-state index in [9.17, 15) is 4.79 Å². The molecule has 4 heteroatoms. The van der Waals surface area contributed by atoms with Crippen molar-refractivity contribution in [1.82, 2.24) is 0 Å². The second-order valence-electron chi connectivity index (χ2n) is 3.76. The van der Waals surface area contributed by atoms with Crippen molar-refractivity contribution in [3.63, 3.8) is 0 Å². The zero-order chi connectivity index (χ0) is 12.5. The Morgan fingerprint density at radius 2 is 2.18 bits per heavy atom. The number of nitrogens with one attached hydrogen (secondary N) is 1. The zero-order valence-corrected chi connectivity index (χ0v) is 10.4. The largest absolute Gasteiger partial charge is 0.463 e. The van der Waals surface area contributed by atoms with Crippen LogP contribution < -0.4 is 5.32 Å². The van der Waals surface area contributed by atoms with Crippen molar-refractivity contribution in [3.8, 4) is 0 Å². The van der Waals surface area contributed by atoms with Gasteiger partial charge in [-0.15, -0.1) is 0 Å². The average molecular weight is 237 g/mol. The maximum atomic E-state index is 11.3. The molecule has 4 nitrogen and oxygen atoms in total. The summed E-state index contributed by atoms with van der Waals surface area (Å²) in [6.07, 6.45) is 0.359. The summed E-state index contributed by atoms with van der Waals surface area (Å²) in [6.45, 7) is 3.37. The summed E-state index contributed by atoms with van der Waals surface area (Å²) in [7, 11) is 1.58. The van der Waals surface area contributed by atoms with Gasteiger partial charge in [0.05, 0.1) is 13.0 Å². The number of aryl methyl sites for hydroxylation is 1. The fraction of sp³-hybridized carbons (Fsp3) is 0.462. The normalized spacial score (nSPS) is 10.0. The Labute approximate surface area is 102 Å². The lowest BCUT2D eigenvalue weighted by Gasteiger charge is -2.07. The van der Waals surface area contributed by atoms with Crippen molar-refractivity contribution in [2.24, 2.45) is 0 Å². The van der Waals surface area contributed by atoms with Crippen molar-refractivity contribution in [1.29, 1.82) is 0 Å². The van der Waals surface area contributed by atoms with Gasteiger partial charge in [-0.05, 0) is 24.6 Å². The lowest BCUT2D eigenvalue weighted by atomic mass is 10.2. The van der Waals surface area contributed by atoms with Gasteiger partial charge in [-0.3, -0.25) is 4.79 Å². The first kappa shape index (κ1) is 13.5. The first-order chi connectivity index (χ1) is 8.22. The summed E-state index contributed by atoms with van der Waals surface area (Å²) in [4.78, 5) is 11.3. The monoisotopic (exact) mass is 237 g/mol. The van der Waals surface area contributed by atoms with E-state index in [1.807, 2.05) is 31.2 Å². The predicted octanol–water partition coefficient (Wildman–Crippen LogP) is 1.99. The molecule has 1 aromatic rings. The topological polar surface area (TPSA) is 47.6 Å². The maximum absolute atomic E-state index is 11.3. The number of methoxy groups -OCH3 is 1. The molecule has 0 amide bonds. The lowest BCUT2D eigenvalue weighted by molar-refractivity contribution is -0.144. The predicted molar refractivity (Wildman–Crippen MR) is 67.1 cm³/mol. The van der Waals surface area contributed by atoms with Crippen LogP contribution in [0.1, 0.15) is 12.0 Å². The highest BCUT2D eigenvalue weighted by atomic mass is 16.6. The Morgan fingerprint density at radius 1 is 1.35 bits per heavy atom. The van der Waals surface area contributed by atoms with Crippen LogP contribution in [0.3, 0.4) is 0 Å². The molecule has 0 fully saturated rings. The van der Waals surface area contributed by atoms with Crippen LogP contribution in [0.2, 0.25) is 0 Å². The zero-order valence-electron chi connectivity index (χ0n) is 10.4. The Balaban J connectivity index is 2.17. The van der Waals surface area contributed by atoms with Gasteiger partial charge in [0.25, 0.3) is 0 Å². The highest BCUT2D eigenvalue weighted by Crippen LogP contribution is 2.09. The molecule has 1 aromatic carbocycles. The molecule has 0 atom stereocenters. The number of anilines is 1. The van der Waals surface area contributed by atoms with E-state index in [1.54, 1.807) is 7.11 Å². The van der Waals surface area contributed by atoms with Crippen molar-refractivity contribution >= 4 is 11.7 Å². The van der Waals surface area contributed by atoms with Gasteiger partial charge in [0.2, 0.25) is 0 Å². The lowest BCUT2D eigenvalue weighted by Crippen LogP contribution is -2.14. The Morgan fingerprint density at radius 3 is 2.88 bits per heavy atom. The SMILES string of the molecule is COCCOC(=O)CCNc1cccc(C)c1. The number of hydrogen-bond donors (Lipinski definition) is 1. The number of esters is 1. The molecule has 0 aliphatic heterocycles. The minimum Gasteiger partial charge on any atom is -0.463 e. The molecular formula is C13H19NO3. The van der Waals surface area contributed by atoms with E-state index < -0.39 is 0 Å². The molecule has 0 saturated heterocycles. The van der Waals surface area contributed by atoms with Gasteiger partial charge in [-0.25, -0.2) is 0 Å². The first-order valence-electron chi connectivity index (χ1n) is 5.67. The van der Waals surface area contributed by atoms with Crippen LogP contribution >= 0.6 is 0 Å². The maximum Gasteiger partial charge on any atom is 0.307 e. The molecule has 0 radical (unpaired) electrons. The quantitative estimate of drug-likeness (QED) is 0.582. The van der Waals surface area contributed by atoms with E-state index >= 15 is 0 Å². The molecule has 0 aromatic heterocycles. The standard InChI is InChI=1S/C13H19NO3/c1-11-4-3-5-12(10-11)14-7-6-13(15)17-9-8-16-2/h3-5,10,14H,6-9H2,1-2H3. The van der Waals surface area contributed by atoms with Crippen LogP contribution in [0.5, 0.6) is 0 Å². The Kier molecular flexibility index (Phi) is 6.10. The number of carbonyl (C=O) groups excluding carboxylic acids is 1. The molecule has 1 rings (SSSR count). The number of carbonyl (C=O) groups is 1. The smallest absolute Gasteiger partial charge is 0.307 e. The molecule has 0 aliphatic carbocycles. The second-order valence-corrected chi connectivity index (χ2v) is 3.76. The van der Waals surface area contributed by atoms with Gasteiger partial charge >= 0.3 is 5.97 Å². The summed E-state index contributed by atoms with van der Waals surface area (Å²) < 4.78 is 9.73. The summed E-state index contributed by atoms with van der Waals surface area (Å²) >= 11 is 0. The van der Waals surface area contributed by atoms with Crippen LogP contribution in [0.15, 0.2) is 24.3 Å². The molecule has 17 heavy (non-hydrogen) atoms. The van der Waals surface area contributed by atoms with Crippen molar-refractivity contribution in [2.75, 3.05) is 32.2 Å². The van der Waals surface area contributed by atoms with E-state index in [0.29, 0.717) is 26.2 Å². The van der Waals surface area contributed by atoms with Gasteiger partial charge < -0.3 is 14.8 Å². The van der Waals surface area contributed by atoms with E-state index in [1.165, 1.54) is 5.56 Å². The third kappa shape index (κ3) is 5.92. The van der Waals surface area contributed by atoms with Gasteiger partial charge in [-0.1, -0.05) is 12.1 Å². The third-order valence-electron chi connectivity index (χ3n) is 2.23. The Bertz CT molecular complexity index is 352. The number of rotatable bonds is 7. The van der Waals surface area contributed by atoms with E-state index in [2.05, 4.69) is 5.32 Å². The van der Waals surface area contributed by atoms with Crippen molar-refractivity contribution < 1.29 is 14.3 Å². The number of benzene rings is 1. The molecule has 0 spiro atoms. The minimum atomic E-state index is -0.206. The molecule has 0 saturated carbocycles. The molecule has 0 aliphatic rings. The Hall–Kier alpha value is -1.55. The summed E-state index contributed by atoms with van der Waals surface area (Å²) in [5.74, 6) is -0.206. The highest BCUT2D eigenvalue weighted by Gasteiger charge is 2.01. The third-order valence-corrected chi connectivity index (χ3v) is 2.23. The van der Waals surface area contributed by atoms with E-state index in [4.69, 9.17) is 9.47 Å². The highest BCUT2D eigenvalue weighted by molar-refractivity contribution is 5.70.